The molecule has 0 saturated carbocycles. The summed E-state index contributed by atoms with van der Waals surface area (Å²) < 4.78 is 27.8. The lowest BCUT2D eigenvalue weighted by Gasteiger charge is -2.33. The summed E-state index contributed by atoms with van der Waals surface area (Å²) in [5, 5.41) is 4.99. The van der Waals surface area contributed by atoms with Crippen LogP contribution in [-0.4, -0.2) is 43.9 Å². The summed E-state index contributed by atoms with van der Waals surface area (Å²) in [6.45, 7) is 3.20. The number of hydrogen-bond donors (Lipinski definition) is 1. The van der Waals surface area contributed by atoms with Crippen molar-refractivity contribution in [3.63, 3.8) is 0 Å². The van der Waals surface area contributed by atoms with E-state index in [0.717, 1.165) is 30.3 Å². The maximum atomic E-state index is 13.1. The molecule has 1 aromatic heterocycles. The van der Waals surface area contributed by atoms with Crippen molar-refractivity contribution in [2.24, 2.45) is 11.8 Å². The minimum absolute atomic E-state index is 0. The topological polar surface area (TPSA) is 62.3 Å². The number of sulfonamides is 1. The molecule has 0 radical (unpaired) electrons. The second-order valence-corrected chi connectivity index (χ2v) is 8.09. The van der Waals surface area contributed by atoms with E-state index in [9.17, 15) is 8.42 Å². The van der Waals surface area contributed by atoms with E-state index < -0.39 is 10.0 Å². The third-order valence-corrected chi connectivity index (χ3v) is 6.85. The Labute approximate surface area is 142 Å². The Morgan fingerprint density at radius 3 is 2.87 bits per heavy atom. The number of rotatable bonds is 2. The fourth-order valence-electron chi connectivity index (χ4n) is 3.68. The smallest absolute Gasteiger partial charge is 0.243 e. The molecule has 2 fully saturated rings. The van der Waals surface area contributed by atoms with Crippen LogP contribution in [0.25, 0.3) is 10.8 Å². The lowest BCUT2D eigenvalue weighted by molar-refractivity contribution is 0.228. The number of hydrogen-bond acceptors (Lipinski definition) is 4. The Kier molecular flexibility index (Phi) is 4.60. The fourth-order valence-corrected chi connectivity index (χ4v) is 5.40. The van der Waals surface area contributed by atoms with Crippen LogP contribution in [0.4, 0.5) is 0 Å². The van der Waals surface area contributed by atoms with Crippen molar-refractivity contribution in [1.29, 1.82) is 0 Å². The van der Waals surface area contributed by atoms with Gasteiger partial charge < -0.3 is 5.32 Å². The highest BCUT2D eigenvalue weighted by molar-refractivity contribution is 7.89. The quantitative estimate of drug-likeness (QED) is 0.895. The van der Waals surface area contributed by atoms with E-state index in [1.807, 2.05) is 6.07 Å². The first kappa shape index (κ1) is 16.6. The van der Waals surface area contributed by atoms with Crippen molar-refractivity contribution >= 4 is 33.2 Å². The van der Waals surface area contributed by atoms with Gasteiger partial charge in [-0.1, -0.05) is 12.1 Å². The summed E-state index contributed by atoms with van der Waals surface area (Å²) in [5.41, 5.74) is 0. The van der Waals surface area contributed by atoms with Crippen LogP contribution in [-0.2, 0) is 10.0 Å². The lowest BCUT2D eigenvalue weighted by Crippen LogP contribution is -2.43. The molecule has 2 atom stereocenters. The lowest BCUT2D eigenvalue weighted by atomic mass is 9.90. The van der Waals surface area contributed by atoms with Crippen molar-refractivity contribution < 1.29 is 8.42 Å². The summed E-state index contributed by atoms with van der Waals surface area (Å²) in [7, 11) is -3.45. The molecule has 2 unspecified atom stereocenters. The van der Waals surface area contributed by atoms with Crippen molar-refractivity contribution in [3.05, 3.63) is 36.7 Å². The molecule has 2 aromatic rings. The van der Waals surface area contributed by atoms with E-state index in [4.69, 9.17) is 0 Å². The predicted octanol–water partition coefficient (Wildman–Crippen LogP) is 1.89. The zero-order chi connectivity index (χ0) is 15.2. The Morgan fingerprint density at radius 2 is 2.00 bits per heavy atom. The Hall–Kier alpha value is -1.21. The van der Waals surface area contributed by atoms with E-state index in [1.165, 1.54) is 0 Å². The molecule has 3 heterocycles. The Balaban J connectivity index is 0.00000156. The number of piperidine rings is 1. The Morgan fingerprint density at radius 1 is 1.17 bits per heavy atom. The molecule has 23 heavy (non-hydrogen) atoms. The molecule has 0 aliphatic carbocycles. The van der Waals surface area contributed by atoms with Crippen LogP contribution in [0, 0.1) is 11.8 Å². The van der Waals surface area contributed by atoms with Gasteiger partial charge in [-0.15, -0.1) is 12.4 Å². The molecule has 2 aliphatic rings. The molecular weight excluding hydrogens is 334 g/mol. The first-order valence-electron chi connectivity index (χ1n) is 7.70. The van der Waals surface area contributed by atoms with Gasteiger partial charge in [-0.2, -0.15) is 4.31 Å². The van der Waals surface area contributed by atoms with Crippen molar-refractivity contribution in [1.82, 2.24) is 14.6 Å². The van der Waals surface area contributed by atoms with Crippen molar-refractivity contribution in [2.45, 2.75) is 11.3 Å². The van der Waals surface area contributed by atoms with Crippen LogP contribution >= 0.6 is 12.4 Å². The second kappa shape index (κ2) is 6.36. The third kappa shape index (κ3) is 2.85. The van der Waals surface area contributed by atoms with Gasteiger partial charge in [0.25, 0.3) is 0 Å². The normalized spacial score (nSPS) is 25.0. The van der Waals surface area contributed by atoms with Crippen LogP contribution in [0.15, 0.2) is 41.6 Å². The molecule has 2 saturated heterocycles. The molecule has 5 nitrogen and oxygen atoms in total. The van der Waals surface area contributed by atoms with Gasteiger partial charge in [-0.3, -0.25) is 4.98 Å². The maximum Gasteiger partial charge on any atom is 0.243 e. The summed E-state index contributed by atoms with van der Waals surface area (Å²) in [6, 6.07) is 7.18. The highest BCUT2D eigenvalue weighted by Gasteiger charge is 2.38. The van der Waals surface area contributed by atoms with Gasteiger partial charge in [0.1, 0.15) is 0 Å². The molecule has 1 aromatic carbocycles. The SMILES string of the molecule is Cl.O=S(=O)(c1cccc2cnccc12)N1CCC2CNCC2C1. The summed E-state index contributed by atoms with van der Waals surface area (Å²) in [4.78, 5) is 4.48. The van der Waals surface area contributed by atoms with Gasteiger partial charge in [0.15, 0.2) is 0 Å². The van der Waals surface area contributed by atoms with Crippen molar-refractivity contribution in [3.8, 4) is 0 Å². The molecule has 1 N–H and O–H groups in total. The van der Waals surface area contributed by atoms with E-state index in [-0.39, 0.29) is 12.4 Å². The first-order valence-corrected chi connectivity index (χ1v) is 9.14. The molecule has 4 rings (SSSR count). The standard InChI is InChI=1S/C16H19N3O2S.ClH/c20-22(21,19-7-5-12-8-18-10-14(12)11-19)16-3-1-2-13-9-17-6-4-15(13)16;/h1-4,6,9,12,14,18H,5,7-8,10-11H2;1H. The largest absolute Gasteiger partial charge is 0.316 e. The minimum atomic E-state index is -3.45. The Bertz CT molecular complexity index is 807. The third-order valence-electron chi connectivity index (χ3n) is 4.93. The highest BCUT2D eigenvalue weighted by atomic mass is 35.5. The number of halogens is 1. The van der Waals surface area contributed by atoms with Crippen LogP contribution in [0.5, 0.6) is 0 Å². The van der Waals surface area contributed by atoms with Crippen molar-refractivity contribution in [2.75, 3.05) is 26.2 Å². The van der Waals surface area contributed by atoms with Gasteiger partial charge in [-0.25, -0.2) is 8.42 Å². The van der Waals surface area contributed by atoms with Gasteiger partial charge >= 0.3 is 0 Å². The predicted molar refractivity (Wildman–Crippen MR) is 92.2 cm³/mol. The zero-order valence-electron chi connectivity index (χ0n) is 12.7. The van der Waals surface area contributed by atoms with Gasteiger partial charge in [-0.05, 0) is 43.5 Å². The fraction of sp³-hybridized carbons (Fsp3) is 0.438. The van der Waals surface area contributed by atoms with E-state index in [0.29, 0.717) is 29.8 Å². The van der Waals surface area contributed by atoms with Crippen LogP contribution < -0.4 is 5.32 Å². The monoisotopic (exact) mass is 353 g/mol. The van der Waals surface area contributed by atoms with Crippen LogP contribution in [0.2, 0.25) is 0 Å². The van der Waals surface area contributed by atoms with Gasteiger partial charge in [0.05, 0.1) is 4.90 Å². The van der Waals surface area contributed by atoms with Gasteiger partial charge in [0.2, 0.25) is 10.0 Å². The van der Waals surface area contributed by atoms with E-state index in [2.05, 4.69) is 10.3 Å². The zero-order valence-corrected chi connectivity index (χ0v) is 14.3. The molecule has 0 bridgehead atoms. The molecular formula is C16H20ClN3O2S. The van der Waals surface area contributed by atoms with Crippen LogP contribution in [0.1, 0.15) is 6.42 Å². The average Bonchev–Trinajstić information content (AvgIpc) is 3.02. The maximum absolute atomic E-state index is 13.1. The number of aromatic nitrogens is 1. The molecule has 0 amide bonds. The number of nitrogens with zero attached hydrogens (tertiary/aromatic N) is 2. The molecule has 124 valence electrons. The summed E-state index contributed by atoms with van der Waals surface area (Å²) in [6.07, 6.45) is 4.30. The summed E-state index contributed by atoms with van der Waals surface area (Å²) in [5.74, 6) is 1.07. The molecule has 2 aliphatic heterocycles. The average molecular weight is 354 g/mol. The molecule has 7 heteroatoms. The van der Waals surface area contributed by atoms with E-state index >= 15 is 0 Å². The molecule has 0 spiro atoms. The second-order valence-electron chi connectivity index (χ2n) is 6.18. The van der Waals surface area contributed by atoms with Crippen LogP contribution in [0.3, 0.4) is 0 Å². The van der Waals surface area contributed by atoms with E-state index in [1.54, 1.807) is 34.9 Å². The van der Waals surface area contributed by atoms with Gasteiger partial charge in [0, 0.05) is 36.3 Å². The summed E-state index contributed by atoms with van der Waals surface area (Å²) >= 11 is 0. The number of benzene rings is 1. The minimum Gasteiger partial charge on any atom is -0.316 e. The highest BCUT2D eigenvalue weighted by Crippen LogP contribution is 2.32. The number of fused-ring (bicyclic) bond motifs is 2. The number of pyridine rings is 1. The number of nitrogens with one attached hydrogen (secondary N) is 1. The first-order chi connectivity index (χ1) is 10.7.